The Morgan fingerprint density at radius 1 is 1.62 bits per heavy atom. The number of nitrogens with two attached hydrogens (primary N) is 1. The van der Waals surface area contributed by atoms with Gasteiger partial charge in [0, 0.05) is 10.3 Å². The second kappa shape index (κ2) is 3.09. The van der Waals surface area contributed by atoms with Crippen molar-refractivity contribution in [1.82, 2.24) is 0 Å². The van der Waals surface area contributed by atoms with E-state index in [0.29, 0.717) is 4.88 Å². The van der Waals surface area contributed by atoms with E-state index in [-0.39, 0.29) is 10.5 Å². The predicted octanol–water partition coefficient (Wildman–Crippen LogP) is 0.402. The third-order valence-electron chi connectivity index (χ3n) is 1.46. The van der Waals surface area contributed by atoms with Crippen LogP contribution in [0.3, 0.4) is 0 Å². The molecule has 1 rings (SSSR count). The Hall–Kier alpha value is -0.920. The van der Waals surface area contributed by atoms with Crippen LogP contribution in [0.2, 0.25) is 0 Å². The summed E-state index contributed by atoms with van der Waals surface area (Å²) in [5.74, 6) is -1.28. The Bertz CT molecular complexity index is 445. The van der Waals surface area contributed by atoms with Gasteiger partial charge in [0.1, 0.15) is 4.90 Å². The third-order valence-corrected chi connectivity index (χ3v) is 3.46. The van der Waals surface area contributed by atoms with Crippen molar-refractivity contribution in [2.45, 2.75) is 11.8 Å². The molecule has 0 unspecified atom stereocenters. The van der Waals surface area contributed by atoms with E-state index in [4.69, 9.17) is 10.2 Å². The quantitative estimate of drug-likeness (QED) is 0.755. The minimum Gasteiger partial charge on any atom is -0.478 e. The first-order chi connectivity index (χ1) is 5.84. The van der Waals surface area contributed by atoms with E-state index in [1.165, 1.54) is 12.3 Å². The fraction of sp³-hybridized carbons (Fsp3) is 0.167. The number of aromatic carboxylic acids is 1. The zero-order chi connectivity index (χ0) is 10.2. The van der Waals surface area contributed by atoms with Gasteiger partial charge in [-0.05, 0) is 6.92 Å². The van der Waals surface area contributed by atoms with Crippen molar-refractivity contribution in [3.63, 3.8) is 0 Å². The standard InChI is InChI=1S/C6H7NO4S2/c1-3-5(6(8)9)4(2-12-3)13(7,10)11/h2H,1H3,(H,8,9)(H2,7,10,11). The van der Waals surface area contributed by atoms with Gasteiger partial charge in [-0.3, -0.25) is 0 Å². The lowest BCUT2D eigenvalue weighted by Gasteiger charge is -1.96. The van der Waals surface area contributed by atoms with Gasteiger partial charge in [0.05, 0.1) is 5.56 Å². The third kappa shape index (κ3) is 1.87. The van der Waals surface area contributed by atoms with Crippen LogP contribution in [-0.4, -0.2) is 19.5 Å². The molecule has 1 aromatic heterocycles. The number of carboxylic acid groups (broad SMARTS) is 1. The van der Waals surface area contributed by atoms with Crippen molar-refractivity contribution in [2.75, 3.05) is 0 Å². The van der Waals surface area contributed by atoms with Gasteiger partial charge in [-0.25, -0.2) is 18.4 Å². The topological polar surface area (TPSA) is 97.5 Å². The zero-order valence-corrected chi connectivity index (χ0v) is 8.28. The molecule has 3 N–H and O–H groups in total. The van der Waals surface area contributed by atoms with Gasteiger partial charge >= 0.3 is 5.97 Å². The van der Waals surface area contributed by atoms with Crippen molar-refractivity contribution >= 4 is 27.3 Å². The lowest BCUT2D eigenvalue weighted by molar-refractivity contribution is 0.0692. The number of sulfonamides is 1. The number of aryl methyl sites for hydroxylation is 1. The van der Waals surface area contributed by atoms with E-state index in [2.05, 4.69) is 0 Å². The van der Waals surface area contributed by atoms with Gasteiger partial charge in [0.15, 0.2) is 0 Å². The Balaban J connectivity index is 3.49. The second-order valence-electron chi connectivity index (χ2n) is 2.38. The first kappa shape index (κ1) is 10.2. The lowest BCUT2D eigenvalue weighted by Crippen LogP contribution is -2.15. The van der Waals surface area contributed by atoms with Crippen LogP contribution in [0.5, 0.6) is 0 Å². The Morgan fingerprint density at radius 3 is 2.46 bits per heavy atom. The van der Waals surface area contributed by atoms with Crippen molar-refractivity contribution < 1.29 is 18.3 Å². The molecule has 0 saturated heterocycles. The maximum absolute atomic E-state index is 10.9. The minimum absolute atomic E-state index is 0.229. The van der Waals surface area contributed by atoms with Crippen molar-refractivity contribution in [1.29, 1.82) is 0 Å². The molecule has 0 atom stereocenters. The molecule has 0 aliphatic heterocycles. The fourth-order valence-electron chi connectivity index (χ4n) is 0.899. The maximum Gasteiger partial charge on any atom is 0.338 e. The molecule has 0 aliphatic rings. The summed E-state index contributed by atoms with van der Waals surface area (Å²) in [4.78, 5) is 10.7. The molecule has 0 spiro atoms. The summed E-state index contributed by atoms with van der Waals surface area (Å²) in [6, 6.07) is 0. The molecule has 1 heterocycles. The van der Waals surface area contributed by atoms with Crippen LogP contribution in [0.25, 0.3) is 0 Å². The molecular formula is C6H7NO4S2. The summed E-state index contributed by atoms with van der Waals surface area (Å²) in [7, 11) is -3.93. The van der Waals surface area contributed by atoms with Gasteiger partial charge < -0.3 is 5.11 Å². The van der Waals surface area contributed by atoms with Gasteiger partial charge in [0.2, 0.25) is 10.0 Å². The van der Waals surface area contributed by atoms with Crippen LogP contribution < -0.4 is 5.14 Å². The van der Waals surface area contributed by atoms with Crippen molar-refractivity contribution in [2.24, 2.45) is 5.14 Å². The molecule has 0 bridgehead atoms. The molecule has 0 aromatic carbocycles. The highest BCUT2D eigenvalue weighted by Crippen LogP contribution is 2.24. The highest BCUT2D eigenvalue weighted by molar-refractivity contribution is 7.89. The Morgan fingerprint density at radius 2 is 2.15 bits per heavy atom. The number of carbonyl (C=O) groups is 1. The number of rotatable bonds is 2. The summed E-state index contributed by atoms with van der Waals surface area (Å²) in [5.41, 5.74) is -0.229. The average molecular weight is 221 g/mol. The van der Waals surface area contributed by atoms with E-state index in [9.17, 15) is 13.2 Å². The van der Waals surface area contributed by atoms with Crippen LogP contribution in [0.15, 0.2) is 10.3 Å². The Kier molecular flexibility index (Phi) is 2.42. The monoisotopic (exact) mass is 221 g/mol. The number of hydrogen-bond acceptors (Lipinski definition) is 4. The summed E-state index contributed by atoms with van der Waals surface area (Å²) in [6.07, 6.45) is 0. The first-order valence-corrected chi connectivity index (χ1v) is 5.61. The molecule has 0 radical (unpaired) electrons. The van der Waals surface area contributed by atoms with Gasteiger partial charge in [-0.1, -0.05) is 0 Å². The lowest BCUT2D eigenvalue weighted by atomic mass is 10.3. The van der Waals surface area contributed by atoms with Crippen LogP contribution >= 0.6 is 11.3 Å². The number of primary sulfonamides is 1. The summed E-state index contributed by atoms with van der Waals surface area (Å²) in [6.45, 7) is 1.53. The smallest absolute Gasteiger partial charge is 0.338 e. The molecule has 1 aromatic rings. The molecule has 0 aliphatic carbocycles. The molecule has 7 heteroatoms. The van der Waals surface area contributed by atoms with Gasteiger partial charge in [-0.2, -0.15) is 0 Å². The Labute approximate surface area is 78.9 Å². The van der Waals surface area contributed by atoms with E-state index in [1.807, 2.05) is 0 Å². The summed E-state index contributed by atoms with van der Waals surface area (Å²) in [5, 5.41) is 14.7. The van der Waals surface area contributed by atoms with Crippen molar-refractivity contribution in [3.05, 3.63) is 15.8 Å². The molecule has 13 heavy (non-hydrogen) atoms. The number of thiophene rings is 1. The SMILES string of the molecule is Cc1scc(S(N)(=O)=O)c1C(=O)O. The molecular weight excluding hydrogens is 214 g/mol. The largest absolute Gasteiger partial charge is 0.478 e. The highest BCUT2D eigenvalue weighted by atomic mass is 32.2. The molecule has 0 saturated carbocycles. The van der Waals surface area contributed by atoms with Crippen LogP contribution in [-0.2, 0) is 10.0 Å². The molecule has 0 fully saturated rings. The fourth-order valence-corrected chi connectivity index (χ4v) is 2.89. The summed E-state index contributed by atoms with van der Waals surface area (Å²) >= 11 is 1.05. The molecule has 5 nitrogen and oxygen atoms in total. The van der Waals surface area contributed by atoms with Gasteiger partial charge in [-0.15, -0.1) is 11.3 Å². The van der Waals surface area contributed by atoms with Crippen LogP contribution in [0.4, 0.5) is 0 Å². The van der Waals surface area contributed by atoms with E-state index < -0.39 is 16.0 Å². The van der Waals surface area contributed by atoms with Crippen molar-refractivity contribution in [3.8, 4) is 0 Å². The normalized spacial score (nSPS) is 11.5. The number of hydrogen-bond donors (Lipinski definition) is 2. The first-order valence-electron chi connectivity index (χ1n) is 3.18. The summed E-state index contributed by atoms with van der Waals surface area (Å²) < 4.78 is 21.8. The van der Waals surface area contributed by atoms with Crippen LogP contribution in [0.1, 0.15) is 15.2 Å². The van der Waals surface area contributed by atoms with E-state index in [1.54, 1.807) is 0 Å². The number of carboxylic acids is 1. The molecule has 0 amide bonds. The van der Waals surface area contributed by atoms with Gasteiger partial charge in [0.25, 0.3) is 0 Å². The predicted molar refractivity (Wildman–Crippen MR) is 47.4 cm³/mol. The highest BCUT2D eigenvalue weighted by Gasteiger charge is 2.22. The second-order valence-corrected chi connectivity index (χ2v) is 4.99. The minimum atomic E-state index is -3.93. The van der Waals surface area contributed by atoms with Crippen LogP contribution in [0, 0.1) is 6.92 Å². The zero-order valence-electron chi connectivity index (χ0n) is 6.64. The maximum atomic E-state index is 10.9. The average Bonchev–Trinajstić information content (AvgIpc) is 2.28. The molecule has 72 valence electrons. The van der Waals surface area contributed by atoms with E-state index >= 15 is 0 Å². The van der Waals surface area contributed by atoms with E-state index in [0.717, 1.165) is 11.3 Å².